The van der Waals surface area contributed by atoms with E-state index in [1.165, 1.54) is 99.0 Å². The second-order valence-electron chi connectivity index (χ2n) is 15.0. The van der Waals surface area contributed by atoms with Crippen molar-refractivity contribution < 1.29 is 64.8 Å². The Morgan fingerprint density at radius 3 is 1.48 bits per heavy atom. The molecule has 4 aromatic heterocycles. The van der Waals surface area contributed by atoms with Crippen LogP contribution in [0.25, 0.3) is 37.9 Å². The number of carbonyl (C=O) groups excluding carboxylic acids is 2. The number of rotatable bonds is 13. The third-order valence-electron chi connectivity index (χ3n) is 10.1. The van der Waals surface area contributed by atoms with E-state index in [9.17, 15) is 54.4 Å². The SMILES string of the molecule is CC=NC.CNc1cc2[nH]c(=O)n(-c3ccc(CC(=O)CS(=O)(=O)c4ccc(Cl)s4)cc3)c(=O)c2cc1F.CNc1cc2[nH]c(=O)n(-c3ccc(CC(=O)[N-]S(=O)(=O)c4ccc(Cl)s4)cc3)c(=O)c2cc1F.[Na+]. The number of halogens is 4. The largest absolute Gasteiger partial charge is 1.00 e. The van der Waals surface area contributed by atoms with E-state index < -0.39 is 71.4 Å². The van der Waals surface area contributed by atoms with Gasteiger partial charge in [0, 0.05) is 34.0 Å². The summed E-state index contributed by atoms with van der Waals surface area (Å²) >= 11 is 13.2. The molecule has 8 rings (SSSR count). The van der Waals surface area contributed by atoms with Gasteiger partial charge in [0.2, 0.25) is 0 Å². The summed E-state index contributed by atoms with van der Waals surface area (Å²) in [4.78, 5) is 84.1. The van der Waals surface area contributed by atoms with Gasteiger partial charge in [-0.2, -0.15) is 0 Å². The first-order chi connectivity index (χ1) is 34.1. The van der Waals surface area contributed by atoms with E-state index in [0.717, 1.165) is 43.9 Å². The van der Waals surface area contributed by atoms with Gasteiger partial charge in [-0.05, 0) is 97.1 Å². The van der Waals surface area contributed by atoms with Gasteiger partial charge >= 0.3 is 40.9 Å². The van der Waals surface area contributed by atoms with E-state index in [4.69, 9.17) is 23.2 Å². The number of amides is 1. The number of H-pyrrole nitrogens is 2. The van der Waals surface area contributed by atoms with Crippen molar-refractivity contribution in [1.82, 2.24) is 19.1 Å². The monoisotopic (exact) mass is 1120 g/mol. The number of aromatic amines is 2. The Morgan fingerprint density at radius 1 is 0.685 bits per heavy atom. The second kappa shape index (κ2) is 24.8. The average molecular weight is 1120 g/mol. The molecule has 18 nitrogen and oxygen atoms in total. The van der Waals surface area contributed by atoms with Crippen molar-refractivity contribution in [2.24, 2.45) is 4.99 Å². The van der Waals surface area contributed by atoms with Crippen LogP contribution in [0.1, 0.15) is 18.1 Å². The number of benzene rings is 4. The van der Waals surface area contributed by atoms with Gasteiger partial charge in [-0.1, -0.05) is 47.5 Å². The summed E-state index contributed by atoms with van der Waals surface area (Å²) in [6.07, 6.45) is 1.28. The first kappa shape index (κ1) is 57.8. The Balaban J connectivity index is 0.000000249. The fraction of sp³-hybridized carbons (Fsp3) is 0.152. The van der Waals surface area contributed by atoms with Gasteiger partial charge in [-0.25, -0.2) is 44.3 Å². The van der Waals surface area contributed by atoms with Crippen LogP contribution in [0.4, 0.5) is 20.2 Å². The van der Waals surface area contributed by atoms with Gasteiger partial charge in [-0.15, -0.1) is 22.7 Å². The van der Waals surface area contributed by atoms with Crippen molar-refractivity contribution >= 4 is 117 Å². The molecule has 4 N–H and O–H groups in total. The van der Waals surface area contributed by atoms with Crippen LogP contribution >= 0.6 is 45.9 Å². The summed E-state index contributed by atoms with van der Waals surface area (Å²) in [6, 6.07) is 21.9. The maximum Gasteiger partial charge on any atom is 1.00 e. The number of fused-ring (bicyclic) bond motifs is 2. The number of sulfonamides is 1. The molecule has 0 saturated carbocycles. The van der Waals surface area contributed by atoms with Crippen molar-refractivity contribution in [2.45, 2.75) is 28.2 Å². The van der Waals surface area contributed by atoms with Gasteiger partial charge in [-0.3, -0.25) is 14.4 Å². The molecule has 4 aromatic carbocycles. The molecule has 8 aromatic rings. The smallest absolute Gasteiger partial charge is 0.541 e. The second-order valence-corrected chi connectivity index (χ2v) is 22.5. The summed E-state index contributed by atoms with van der Waals surface area (Å²) in [5, 5.41) is 5.25. The molecule has 0 aliphatic heterocycles. The van der Waals surface area contributed by atoms with Gasteiger partial charge in [0.1, 0.15) is 35.8 Å². The molecule has 0 bridgehead atoms. The number of thiophene rings is 2. The first-order valence-electron chi connectivity index (χ1n) is 20.7. The fourth-order valence-corrected chi connectivity index (χ4v) is 11.9. The quantitative estimate of drug-likeness (QED) is 0.0932. The Hall–Kier alpha value is -6.09. The van der Waals surface area contributed by atoms with Crippen LogP contribution < -0.4 is 62.7 Å². The molecular formula is C46H39Cl2F2N8NaO10S4. The Bertz CT molecular complexity index is 3630. The van der Waals surface area contributed by atoms with Crippen LogP contribution in [0.2, 0.25) is 8.67 Å². The number of anilines is 2. The number of carbonyl (C=O) groups is 2. The zero-order chi connectivity index (χ0) is 52.7. The number of hydrogen-bond donors (Lipinski definition) is 4. The number of aliphatic imine (C=N–C) groups is 1. The molecule has 0 radical (unpaired) electrons. The topological polar surface area (TPSA) is 263 Å². The summed E-state index contributed by atoms with van der Waals surface area (Å²) in [5.74, 6) is -3.37. The number of ketones is 1. The molecule has 0 fully saturated rings. The van der Waals surface area contributed by atoms with E-state index in [2.05, 4.69) is 30.3 Å². The van der Waals surface area contributed by atoms with E-state index in [-0.39, 0.29) is 99.7 Å². The van der Waals surface area contributed by atoms with Crippen molar-refractivity contribution in [1.29, 1.82) is 0 Å². The average Bonchev–Trinajstić information content (AvgIpc) is 3.99. The molecule has 0 aliphatic rings. The Kier molecular flexibility index (Phi) is 19.6. The molecule has 0 aliphatic carbocycles. The molecule has 4 heterocycles. The van der Waals surface area contributed by atoms with E-state index in [0.29, 0.717) is 15.5 Å². The number of aromatic nitrogens is 4. The predicted octanol–water partition coefficient (Wildman–Crippen LogP) is 4.28. The summed E-state index contributed by atoms with van der Waals surface area (Å²) in [7, 11) is -3.18. The molecule has 0 unspecified atom stereocenters. The Labute approximate surface area is 454 Å². The van der Waals surface area contributed by atoms with Crippen molar-refractivity contribution in [3.8, 4) is 11.4 Å². The van der Waals surface area contributed by atoms with E-state index in [1.54, 1.807) is 13.3 Å². The number of sulfone groups is 1. The van der Waals surface area contributed by atoms with Gasteiger partial charge in [0.25, 0.3) is 11.1 Å². The van der Waals surface area contributed by atoms with E-state index >= 15 is 0 Å². The maximum atomic E-state index is 14.2. The van der Waals surface area contributed by atoms with Crippen molar-refractivity contribution in [3.05, 3.63) is 175 Å². The van der Waals surface area contributed by atoms with Crippen LogP contribution in [-0.2, 0) is 42.3 Å². The zero-order valence-corrected chi connectivity index (χ0v) is 45.7. The number of hydrogen-bond acceptors (Lipinski definition) is 15. The van der Waals surface area contributed by atoms with Crippen LogP contribution in [0, 0.1) is 11.6 Å². The molecule has 0 saturated heterocycles. The molecule has 1 amide bonds. The Morgan fingerprint density at radius 2 is 1.10 bits per heavy atom. The zero-order valence-electron chi connectivity index (χ0n) is 39.0. The minimum atomic E-state index is -4.17. The number of nitrogens with one attached hydrogen (secondary N) is 4. The minimum Gasteiger partial charge on any atom is -0.541 e. The molecule has 0 atom stereocenters. The molecule has 376 valence electrons. The van der Waals surface area contributed by atoms with Gasteiger partial charge in [0.05, 0.1) is 59.1 Å². The van der Waals surface area contributed by atoms with Crippen molar-refractivity contribution in [3.63, 3.8) is 0 Å². The summed E-state index contributed by atoms with van der Waals surface area (Å²) in [6.45, 7) is 1.89. The van der Waals surface area contributed by atoms with Crippen LogP contribution in [-0.4, -0.2) is 80.7 Å². The van der Waals surface area contributed by atoms with Gasteiger partial charge < -0.3 is 35.1 Å². The van der Waals surface area contributed by atoms with Crippen molar-refractivity contribution in [2.75, 3.05) is 37.5 Å². The first-order valence-corrected chi connectivity index (χ1v) is 26.2. The summed E-state index contributed by atoms with van der Waals surface area (Å²) in [5.41, 5.74) is -0.937. The number of Topliss-reactive ketones (excluding diaryl/α,β-unsaturated/α-hetero) is 1. The van der Waals surface area contributed by atoms with E-state index in [1.807, 2.05) is 6.92 Å². The fourth-order valence-electron chi connectivity index (χ4n) is 6.70. The third kappa shape index (κ3) is 14.0. The van der Waals surface area contributed by atoms with Crippen LogP contribution in [0.3, 0.4) is 0 Å². The standard InChI is InChI=1S/C22H17ClFN3O5S2.C21H16ClFN4O5S2.C3H7N.Na/c1-25-18-10-17-15(9-16(18)24)21(29)27(22(30)26-17)13-4-2-12(3-5-13)8-14(28)11-34(31,32)20-7-6-19(23)33-20;1-24-16-10-15-13(9-14(16)23)20(29)27(21(30)25-15)12-4-2-11(3-5-12)8-18(28)26-34(31,32)19-7-6-17(22)33-19;1-3-4-2;/h2-7,9-10,25H,8,11H2,1H3,(H,26,30);2-7,9-10H,8H2,1H3,(H3,24,25,26,28,29,30);3H,1-2H3;/q;;;+1/p-1. The molecular weight excluding hydrogens is 1080 g/mol. The maximum absolute atomic E-state index is 14.2. The predicted molar refractivity (Wildman–Crippen MR) is 278 cm³/mol. The molecule has 27 heteroatoms. The van der Waals surface area contributed by atoms with Gasteiger partial charge in [0.15, 0.2) is 15.6 Å². The van der Waals surface area contributed by atoms with Crippen LogP contribution in [0.5, 0.6) is 0 Å². The molecule has 73 heavy (non-hydrogen) atoms. The third-order valence-corrected chi connectivity index (χ3v) is 16.6. The summed E-state index contributed by atoms with van der Waals surface area (Å²) < 4.78 is 82.8. The normalized spacial score (nSPS) is 11.3. The number of nitrogens with zero attached hydrogens (tertiary/aromatic N) is 4. The van der Waals surface area contributed by atoms with Crippen LogP contribution in [0.15, 0.2) is 130 Å². The molecule has 0 spiro atoms. The minimum absolute atomic E-state index is 0.